The second-order valence-corrected chi connectivity index (χ2v) is 4.29. The number of rotatable bonds is 2. The summed E-state index contributed by atoms with van der Waals surface area (Å²) < 4.78 is -0.241. The van der Waals surface area contributed by atoms with Crippen LogP contribution in [0.1, 0.15) is 13.8 Å². The van der Waals surface area contributed by atoms with E-state index in [1.807, 2.05) is 0 Å². The maximum atomic E-state index is 10.4. The van der Waals surface area contributed by atoms with Gasteiger partial charge in [-0.25, -0.2) is 0 Å². The van der Waals surface area contributed by atoms with Crippen LogP contribution >= 0.6 is 0 Å². The SMILES string of the molecule is CC(=O)[CH]([PbH])C(C)=O. The topological polar surface area (TPSA) is 34.1 Å². The fourth-order valence-corrected chi connectivity index (χ4v) is 0.286. The average Bonchev–Trinajstić information content (AvgIpc) is 1.64. The Bertz CT molecular complexity index is 106. The molecule has 3 heteroatoms. The summed E-state index contributed by atoms with van der Waals surface area (Å²) in [6.45, 7) is 2.93. The first-order valence-electron chi connectivity index (χ1n) is 2.32. The summed E-state index contributed by atoms with van der Waals surface area (Å²) in [5, 5.41) is 0. The summed E-state index contributed by atoms with van der Waals surface area (Å²) in [6, 6.07) is 0. The summed E-state index contributed by atoms with van der Waals surface area (Å²) in [5.41, 5.74) is 0. The molecule has 2 radical (unpaired) electrons. The van der Waals surface area contributed by atoms with E-state index in [0.29, 0.717) is 25.8 Å². The van der Waals surface area contributed by atoms with E-state index in [4.69, 9.17) is 0 Å². The van der Waals surface area contributed by atoms with E-state index in [2.05, 4.69) is 0 Å². The van der Waals surface area contributed by atoms with Gasteiger partial charge in [0.15, 0.2) is 0 Å². The molecule has 8 heavy (non-hydrogen) atoms. The second-order valence-electron chi connectivity index (χ2n) is 1.70. The molecular formula is C5H8O2Pb. The van der Waals surface area contributed by atoms with Crippen molar-refractivity contribution < 1.29 is 9.59 Å². The predicted molar refractivity (Wildman–Crippen MR) is 32.3 cm³/mol. The molecule has 0 aliphatic carbocycles. The zero-order valence-electron chi connectivity index (χ0n) is 4.97. The van der Waals surface area contributed by atoms with E-state index in [9.17, 15) is 9.59 Å². The molecule has 0 aliphatic rings. The van der Waals surface area contributed by atoms with E-state index in [1.54, 1.807) is 0 Å². The van der Waals surface area contributed by atoms with Crippen molar-refractivity contribution in [3.05, 3.63) is 0 Å². The molecule has 0 aromatic rings. The van der Waals surface area contributed by atoms with E-state index in [1.165, 1.54) is 13.8 Å². The molecule has 0 unspecified atom stereocenters. The van der Waals surface area contributed by atoms with Crippen LogP contribution in [0.4, 0.5) is 0 Å². The number of carbonyl (C=O) groups excluding carboxylic acids is 2. The Balaban J connectivity index is 3.83. The fourth-order valence-electron chi connectivity index (χ4n) is 0.286. The van der Waals surface area contributed by atoms with Crippen molar-refractivity contribution in [2.75, 3.05) is 0 Å². The Morgan fingerprint density at radius 1 is 1.25 bits per heavy atom. The van der Waals surface area contributed by atoms with Crippen LogP contribution in [0, 0.1) is 0 Å². The Labute approximate surface area is 64.3 Å². The predicted octanol–water partition coefficient (Wildman–Crippen LogP) is -0.146. The summed E-state index contributed by atoms with van der Waals surface area (Å²) in [6.07, 6.45) is 0. The van der Waals surface area contributed by atoms with E-state index in [-0.39, 0.29) is 15.0 Å². The molecule has 44 valence electrons. The minimum atomic E-state index is -0.241. The van der Waals surface area contributed by atoms with Gasteiger partial charge in [-0.3, -0.25) is 0 Å². The maximum absolute atomic E-state index is 10.4. The van der Waals surface area contributed by atoms with Crippen LogP contribution in [0.15, 0.2) is 0 Å². The van der Waals surface area contributed by atoms with Gasteiger partial charge >= 0.3 is 64.2 Å². The monoisotopic (exact) mass is 308 g/mol. The number of hydrogen-bond acceptors (Lipinski definition) is 2. The van der Waals surface area contributed by atoms with Crippen LogP contribution in [0.3, 0.4) is 0 Å². The third-order valence-corrected chi connectivity index (χ3v) is 4.53. The molecule has 0 saturated carbocycles. The van der Waals surface area contributed by atoms with Crippen LogP contribution < -0.4 is 0 Å². The van der Waals surface area contributed by atoms with Gasteiger partial charge in [0.25, 0.3) is 0 Å². The van der Waals surface area contributed by atoms with Gasteiger partial charge in [0.05, 0.1) is 0 Å². The summed E-state index contributed by atoms with van der Waals surface area (Å²) in [4.78, 5) is 20.8. The van der Waals surface area contributed by atoms with Crippen molar-refractivity contribution in [3.8, 4) is 0 Å². The van der Waals surface area contributed by atoms with Crippen LogP contribution in [0.2, 0.25) is 3.48 Å². The van der Waals surface area contributed by atoms with Gasteiger partial charge in [-0.05, 0) is 0 Å². The Morgan fingerprint density at radius 2 is 1.50 bits per heavy atom. The summed E-state index contributed by atoms with van der Waals surface area (Å²) in [5.74, 6) is 0.0324. The first-order valence-corrected chi connectivity index (χ1v) is 4.91. The summed E-state index contributed by atoms with van der Waals surface area (Å²) >= 11 is 0.468. The summed E-state index contributed by atoms with van der Waals surface area (Å²) in [7, 11) is 0. The van der Waals surface area contributed by atoms with Crippen molar-refractivity contribution >= 4 is 37.3 Å². The van der Waals surface area contributed by atoms with Crippen molar-refractivity contribution in [3.63, 3.8) is 0 Å². The molecular weight excluding hydrogens is 299 g/mol. The van der Waals surface area contributed by atoms with E-state index >= 15 is 0 Å². The van der Waals surface area contributed by atoms with Gasteiger partial charge in [-0.15, -0.1) is 0 Å². The van der Waals surface area contributed by atoms with Crippen LogP contribution in [-0.4, -0.2) is 37.3 Å². The van der Waals surface area contributed by atoms with Crippen LogP contribution in [-0.2, 0) is 9.59 Å². The molecule has 0 fully saturated rings. The standard InChI is InChI=1S/C5H7O2.Pb.H/c1-4(6)3-5(2)7;;/h3H,1-2H3;;. The second kappa shape index (κ2) is 3.32. The van der Waals surface area contributed by atoms with Crippen molar-refractivity contribution in [2.24, 2.45) is 0 Å². The molecule has 2 nitrogen and oxygen atoms in total. The Hall–Kier alpha value is 0.262. The first kappa shape index (κ1) is 8.26. The first-order chi connectivity index (χ1) is 3.55. The van der Waals surface area contributed by atoms with Gasteiger partial charge < -0.3 is 0 Å². The molecule has 0 aromatic carbocycles. The quantitative estimate of drug-likeness (QED) is 0.525. The molecule has 0 bridgehead atoms. The third kappa shape index (κ3) is 2.54. The van der Waals surface area contributed by atoms with Crippen LogP contribution in [0.5, 0.6) is 0 Å². The zero-order chi connectivity index (χ0) is 6.73. The third-order valence-electron chi connectivity index (χ3n) is 0.876. The molecule has 0 rings (SSSR count). The number of hydrogen-bond donors (Lipinski definition) is 0. The average molecular weight is 307 g/mol. The molecule has 0 spiro atoms. The normalized spacial score (nSPS) is 9.50. The molecule has 0 amide bonds. The molecule has 0 aliphatic heterocycles. The molecule has 0 N–H and O–H groups in total. The van der Waals surface area contributed by atoms with E-state index < -0.39 is 0 Å². The molecule has 0 heterocycles. The molecule has 0 saturated heterocycles. The van der Waals surface area contributed by atoms with Gasteiger partial charge in [-0.2, -0.15) is 0 Å². The number of carbonyl (C=O) groups is 2. The van der Waals surface area contributed by atoms with Gasteiger partial charge in [-0.1, -0.05) is 0 Å². The molecule has 0 aromatic heterocycles. The van der Waals surface area contributed by atoms with Gasteiger partial charge in [0.1, 0.15) is 0 Å². The van der Waals surface area contributed by atoms with Gasteiger partial charge in [0, 0.05) is 0 Å². The van der Waals surface area contributed by atoms with Crippen molar-refractivity contribution in [1.29, 1.82) is 0 Å². The fraction of sp³-hybridized carbons (Fsp3) is 0.600. The minimum absolute atomic E-state index is 0.0162. The van der Waals surface area contributed by atoms with Gasteiger partial charge in [0.2, 0.25) is 0 Å². The molecule has 0 atom stereocenters. The van der Waals surface area contributed by atoms with Crippen LogP contribution in [0.25, 0.3) is 0 Å². The van der Waals surface area contributed by atoms with E-state index in [0.717, 1.165) is 0 Å². The Morgan fingerprint density at radius 3 is 1.50 bits per heavy atom. The number of ketones is 2. The van der Waals surface area contributed by atoms with Crippen molar-refractivity contribution in [2.45, 2.75) is 17.3 Å². The number of Topliss-reactive ketones (excluding diaryl/α,β-unsaturated/α-hetero) is 2. The van der Waals surface area contributed by atoms with Crippen molar-refractivity contribution in [1.82, 2.24) is 0 Å². The Kier molecular flexibility index (Phi) is 3.43. The zero-order valence-corrected chi connectivity index (χ0v) is 9.46.